The Morgan fingerprint density at radius 3 is 2.67 bits per heavy atom. The number of ether oxygens (including phenoxy) is 1. The maximum Gasteiger partial charge on any atom is 0.133 e. The van der Waals surface area contributed by atoms with E-state index in [-0.39, 0.29) is 4.83 Å². The molecule has 2 nitrogen and oxygen atoms in total. The standard InChI is InChI=1S/C14H14Br2O2/c1-3-17-12-5-4-10(8-11(12)15)13(16)14-9(2)6-7-18-14/h4-8,13H,3H2,1-2H3. The molecule has 0 saturated carbocycles. The maximum absolute atomic E-state index is 5.50. The van der Waals surface area contributed by atoms with Gasteiger partial charge in [-0.15, -0.1) is 0 Å². The first-order valence-corrected chi connectivity index (χ1v) is 7.44. The van der Waals surface area contributed by atoms with Crippen LogP contribution in [-0.4, -0.2) is 6.61 Å². The second kappa shape index (κ2) is 5.93. The Morgan fingerprint density at radius 1 is 1.33 bits per heavy atom. The molecule has 0 aliphatic heterocycles. The van der Waals surface area contributed by atoms with Gasteiger partial charge >= 0.3 is 0 Å². The predicted octanol–water partition coefficient (Wildman–Crippen LogP) is 5.23. The minimum atomic E-state index is 0.0551. The second-order valence-corrected chi connectivity index (χ2v) is 5.72. The van der Waals surface area contributed by atoms with Crippen LogP contribution in [0.1, 0.15) is 28.6 Å². The van der Waals surface area contributed by atoms with Gasteiger partial charge in [0.1, 0.15) is 11.5 Å². The number of hydrogen-bond donors (Lipinski definition) is 0. The summed E-state index contributed by atoms with van der Waals surface area (Å²) in [5, 5.41) is 0. The fraction of sp³-hybridized carbons (Fsp3) is 0.286. The third kappa shape index (κ3) is 2.81. The molecular formula is C14H14Br2O2. The van der Waals surface area contributed by atoms with Crippen LogP contribution in [0.15, 0.2) is 39.4 Å². The molecule has 18 heavy (non-hydrogen) atoms. The molecule has 1 unspecified atom stereocenters. The van der Waals surface area contributed by atoms with Gasteiger partial charge in [-0.2, -0.15) is 0 Å². The molecule has 0 saturated heterocycles. The molecule has 2 rings (SSSR count). The van der Waals surface area contributed by atoms with Crippen LogP contribution in [-0.2, 0) is 0 Å². The van der Waals surface area contributed by atoms with E-state index in [1.165, 1.54) is 0 Å². The molecule has 0 amide bonds. The van der Waals surface area contributed by atoms with Crippen molar-refractivity contribution in [2.24, 2.45) is 0 Å². The van der Waals surface area contributed by atoms with Crippen molar-refractivity contribution in [2.75, 3.05) is 6.61 Å². The van der Waals surface area contributed by atoms with E-state index in [0.29, 0.717) is 6.61 Å². The summed E-state index contributed by atoms with van der Waals surface area (Å²) < 4.78 is 12.0. The summed E-state index contributed by atoms with van der Waals surface area (Å²) in [6.45, 7) is 4.67. The number of aryl methyl sites for hydroxylation is 1. The van der Waals surface area contributed by atoms with Crippen molar-refractivity contribution in [3.05, 3.63) is 51.9 Å². The van der Waals surface area contributed by atoms with Crippen molar-refractivity contribution in [1.29, 1.82) is 0 Å². The van der Waals surface area contributed by atoms with E-state index in [4.69, 9.17) is 9.15 Å². The Morgan fingerprint density at radius 2 is 2.11 bits per heavy atom. The Labute approximate surface area is 124 Å². The van der Waals surface area contributed by atoms with Gasteiger partial charge in [0, 0.05) is 0 Å². The average Bonchev–Trinajstić information content (AvgIpc) is 2.77. The highest BCUT2D eigenvalue weighted by atomic mass is 79.9. The molecule has 0 spiro atoms. The monoisotopic (exact) mass is 372 g/mol. The third-order valence-electron chi connectivity index (χ3n) is 2.68. The molecule has 0 aliphatic carbocycles. The van der Waals surface area contributed by atoms with Crippen LogP contribution in [0, 0.1) is 6.92 Å². The van der Waals surface area contributed by atoms with Gasteiger partial charge < -0.3 is 9.15 Å². The van der Waals surface area contributed by atoms with Crippen LogP contribution in [0.5, 0.6) is 5.75 Å². The van der Waals surface area contributed by atoms with Crippen LogP contribution in [0.25, 0.3) is 0 Å². The molecular weight excluding hydrogens is 360 g/mol. The maximum atomic E-state index is 5.50. The van der Waals surface area contributed by atoms with Crippen molar-refractivity contribution in [1.82, 2.24) is 0 Å². The van der Waals surface area contributed by atoms with Crippen LogP contribution < -0.4 is 4.74 Å². The summed E-state index contributed by atoms with van der Waals surface area (Å²) in [6, 6.07) is 8.02. The number of hydrogen-bond acceptors (Lipinski definition) is 2. The van der Waals surface area contributed by atoms with E-state index >= 15 is 0 Å². The zero-order chi connectivity index (χ0) is 13.1. The minimum Gasteiger partial charge on any atom is -0.493 e. The zero-order valence-electron chi connectivity index (χ0n) is 10.2. The summed E-state index contributed by atoms with van der Waals surface area (Å²) in [6.07, 6.45) is 1.71. The molecule has 0 fully saturated rings. The summed E-state index contributed by atoms with van der Waals surface area (Å²) in [4.78, 5) is 0.0551. The van der Waals surface area contributed by atoms with E-state index in [1.54, 1.807) is 6.26 Å². The molecule has 96 valence electrons. The number of furan rings is 1. The van der Waals surface area contributed by atoms with Gasteiger partial charge in [-0.05, 0) is 59.1 Å². The van der Waals surface area contributed by atoms with E-state index in [1.807, 2.05) is 38.1 Å². The molecule has 0 aliphatic rings. The number of rotatable bonds is 4. The lowest BCUT2D eigenvalue weighted by Crippen LogP contribution is -1.96. The highest BCUT2D eigenvalue weighted by Gasteiger charge is 2.17. The Balaban J connectivity index is 2.29. The number of benzene rings is 1. The Kier molecular flexibility index (Phi) is 4.51. The van der Waals surface area contributed by atoms with Gasteiger partial charge in [0.05, 0.1) is 22.2 Å². The summed E-state index contributed by atoms with van der Waals surface area (Å²) in [5.74, 6) is 1.79. The van der Waals surface area contributed by atoms with Crippen molar-refractivity contribution in [2.45, 2.75) is 18.7 Å². The van der Waals surface area contributed by atoms with Gasteiger partial charge in [0.15, 0.2) is 0 Å². The average molecular weight is 374 g/mol. The van der Waals surface area contributed by atoms with Gasteiger partial charge in [-0.1, -0.05) is 22.0 Å². The van der Waals surface area contributed by atoms with Crippen LogP contribution in [0.3, 0.4) is 0 Å². The zero-order valence-corrected chi connectivity index (χ0v) is 13.4. The normalized spacial score (nSPS) is 12.4. The molecule has 1 heterocycles. The summed E-state index contributed by atoms with van der Waals surface area (Å²) >= 11 is 7.19. The Bertz CT molecular complexity index is 534. The van der Waals surface area contributed by atoms with E-state index in [0.717, 1.165) is 27.1 Å². The lowest BCUT2D eigenvalue weighted by Gasteiger charge is -2.12. The predicted molar refractivity (Wildman–Crippen MR) is 79.5 cm³/mol. The van der Waals surface area contributed by atoms with Crippen LogP contribution in [0.2, 0.25) is 0 Å². The van der Waals surface area contributed by atoms with E-state index < -0.39 is 0 Å². The van der Waals surface area contributed by atoms with Gasteiger partial charge in [0.25, 0.3) is 0 Å². The highest BCUT2D eigenvalue weighted by Crippen LogP contribution is 2.36. The molecule has 2 aromatic rings. The lowest BCUT2D eigenvalue weighted by atomic mass is 10.1. The van der Waals surface area contributed by atoms with Gasteiger partial charge in [0.2, 0.25) is 0 Å². The number of halogens is 2. The first-order chi connectivity index (χ1) is 8.63. The van der Waals surface area contributed by atoms with Crippen molar-refractivity contribution >= 4 is 31.9 Å². The lowest BCUT2D eigenvalue weighted by molar-refractivity contribution is 0.338. The third-order valence-corrected chi connectivity index (χ3v) is 4.24. The van der Waals surface area contributed by atoms with Crippen molar-refractivity contribution in [3.8, 4) is 5.75 Å². The van der Waals surface area contributed by atoms with E-state index in [9.17, 15) is 0 Å². The fourth-order valence-corrected chi connectivity index (χ4v) is 3.01. The smallest absolute Gasteiger partial charge is 0.133 e. The molecule has 1 aromatic carbocycles. The highest BCUT2D eigenvalue weighted by molar-refractivity contribution is 9.10. The van der Waals surface area contributed by atoms with Gasteiger partial charge in [-0.3, -0.25) is 0 Å². The molecule has 0 bridgehead atoms. The minimum absolute atomic E-state index is 0.0551. The topological polar surface area (TPSA) is 22.4 Å². The largest absolute Gasteiger partial charge is 0.493 e. The van der Waals surface area contributed by atoms with Crippen LogP contribution in [0.4, 0.5) is 0 Å². The van der Waals surface area contributed by atoms with Gasteiger partial charge in [-0.25, -0.2) is 0 Å². The summed E-state index contributed by atoms with van der Waals surface area (Å²) in [5.41, 5.74) is 2.27. The molecule has 0 radical (unpaired) electrons. The second-order valence-electron chi connectivity index (χ2n) is 3.95. The Hall–Kier alpha value is -0.740. The summed E-state index contributed by atoms with van der Waals surface area (Å²) in [7, 11) is 0. The first-order valence-electron chi connectivity index (χ1n) is 5.73. The molecule has 1 atom stereocenters. The molecule has 4 heteroatoms. The first kappa shape index (κ1) is 13.7. The molecule has 1 aromatic heterocycles. The quantitative estimate of drug-likeness (QED) is 0.684. The fourth-order valence-electron chi connectivity index (χ4n) is 1.74. The van der Waals surface area contributed by atoms with E-state index in [2.05, 4.69) is 31.9 Å². The molecule has 0 N–H and O–H groups in total. The number of alkyl halides is 1. The SMILES string of the molecule is CCOc1ccc(C(Br)c2occc2C)cc1Br. The van der Waals surface area contributed by atoms with Crippen molar-refractivity contribution in [3.63, 3.8) is 0 Å². The van der Waals surface area contributed by atoms with Crippen LogP contribution >= 0.6 is 31.9 Å². The van der Waals surface area contributed by atoms with Crippen molar-refractivity contribution < 1.29 is 9.15 Å².